The minimum absolute atomic E-state index is 0.622. The smallest absolute Gasteiger partial charge is 0.314 e. The van der Waals surface area contributed by atoms with Crippen LogP contribution in [0.15, 0.2) is 52.9 Å². The van der Waals surface area contributed by atoms with E-state index in [0.717, 1.165) is 40.8 Å². The molecule has 132 valence electrons. The molecule has 1 aromatic heterocycles. The Morgan fingerprint density at radius 3 is 2.08 bits per heavy atom. The van der Waals surface area contributed by atoms with Gasteiger partial charge in [-0.3, -0.25) is 4.79 Å². The maximum atomic E-state index is 11.4. The van der Waals surface area contributed by atoms with Gasteiger partial charge in [0.2, 0.25) is 5.88 Å². The number of oxazole rings is 1. The molecule has 5 heteroatoms. The van der Waals surface area contributed by atoms with Gasteiger partial charge in [-0.2, -0.15) is 0 Å². The predicted octanol–water partition coefficient (Wildman–Crippen LogP) is 4.47. The Morgan fingerprint density at radius 1 is 1.04 bits per heavy atom. The van der Waals surface area contributed by atoms with E-state index < -0.39 is 11.4 Å². The number of hydrogen-bond acceptors (Lipinski definition) is 4. The molecule has 0 atom stereocenters. The SMILES string of the molecule is CNc1oc(C)nc1-c1ccc(-c2ccc(C3(C(=O)O)CC3)cc2)cc1. The third-order valence-electron chi connectivity index (χ3n) is 5.05. The Kier molecular flexibility index (Phi) is 3.80. The van der Waals surface area contributed by atoms with Crippen molar-refractivity contribution in [3.8, 4) is 22.4 Å². The number of aryl methyl sites for hydroxylation is 1. The van der Waals surface area contributed by atoms with Crippen LogP contribution >= 0.6 is 0 Å². The number of benzene rings is 2. The molecule has 1 aliphatic rings. The van der Waals surface area contributed by atoms with E-state index in [1.54, 1.807) is 0 Å². The molecule has 1 aliphatic carbocycles. The van der Waals surface area contributed by atoms with Crippen molar-refractivity contribution in [1.82, 2.24) is 4.98 Å². The Labute approximate surface area is 151 Å². The quantitative estimate of drug-likeness (QED) is 0.711. The Morgan fingerprint density at radius 2 is 1.58 bits per heavy atom. The van der Waals surface area contributed by atoms with Crippen LogP contribution in [0.25, 0.3) is 22.4 Å². The van der Waals surface area contributed by atoms with Gasteiger partial charge in [-0.15, -0.1) is 0 Å². The van der Waals surface area contributed by atoms with Gasteiger partial charge < -0.3 is 14.8 Å². The summed E-state index contributed by atoms with van der Waals surface area (Å²) in [5.41, 5.74) is 4.15. The number of aromatic nitrogens is 1. The number of hydrogen-bond donors (Lipinski definition) is 2. The predicted molar refractivity (Wildman–Crippen MR) is 100 cm³/mol. The molecule has 4 rings (SSSR count). The molecule has 2 N–H and O–H groups in total. The van der Waals surface area contributed by atoms with Crippen molar-refractivity contribution in [2.45, 2.75) is 25.2 Å². The van der Waals surface area contributed by atoms with Crippen molar-refractivity contribution < 1.29 is 14.3 Å². The molecule has 3 aromatic rings. The van der Waals surface area contributed by atoms with Gasteiger partial charge in [-0.25, -0.2) is 4.98 Å². The second kappa shape index (κ2) is 6.02. The maximum Gasteiger partial charge on any atom is 0.314 e. The third-order valence-corrected chi connectivity index (χ3v) is 5.05. The largest absolute Gasteiger partial charge is 0.481 e. The van der Waals surface area contributed by atoms with Crippen LogP contribution in [0.5, 0.6) is 0 Å². The maximum absolute atomic E-state index is 11.4. The van der Waals surface area contributed by atoms with Crippen molar-refractivity contribution in [1.29, 1.82) is 0 Å². The van der Waals surface area contributed by atoms with E-state index in [1.165, 1.54) is 0 Å². The summed E-state index contributed by atoms with van der Waals surface area (Å²) in [6.45, 7) is 1.82. The summed E-state index contributed by atoms with van der Waals surface area (Å²) >= 11 is 0. The van der Waals surface area contributed by atoms with E-state index in [2.05, 4.69) is 10.3 Å². The Balaban J connectivity index is 1.60. The number of nitrogens with one attached hydrogen (secondary N) is 1. The highest BCUT2D eigenvalue weighted by Gasteiger charge is 2.51. The number of nitrogens with zero attached hydrogens (tertiary/aromatic N) is 1. The second-order valence-electron chi connectivity index (χ2n) is 6.70. The minimum Gasteiger partial charge on any atom is -0.481 e. The molecule has 0 spiro atoms. The fraction of sp³-hybridized carbons (Fsp3) is 0.238. The fourth-order valence-electron chi connectivity index (χ4n) is 3.35. The molecular weight excluding hydrogens is 328 g/mol. The summed E-state index contributed by atoms with van der Waals surface area (Å²) in [6.07, 6.45) is 1.45. The first-order chi connectivity index (χ1) is 12.5. The van der Waals surface area contributed by atoms with Gasteiger partial charge >= 0.3 is 5.97 Å². The fourth-order valence-corrected chi connectivity index (χ4v) is 3.35. The van der Waals surface area contributed by atoms with E-state index in [0.29, 0.717) is 11.8 Å². The van der Waals surface area contributed by atoms with Crippen molar-refractivity contribution in [2.24, 2.45) is 0 Å². The van der Waals surface area contributed by atoms with Crippen molar-refractivity contribution >= 4 is 11.9 Å². The molecule has 0 saturated heterocycles. The van der Waals surface area contributed by atoms with Crippen LogP contribution in [-0.4, -0.2) is 23.1 Å². The number of rotatable bonds is 5. The molecule has 2 aromatic carbocycles. The summed E-state index contributed by atoms with van der Waals surface area (Å²) in [7, 11) is 1.81. The highest BCUT2D eigenvalue weighted by atomic mass is 16.4. The van der Waals surface area contributed by atoms with Crippen molar-refractivity contribution in [3.05, 3.63) is 60.0 Å². The van der Waals surface area contributed by atoms with Crippen LogP contribution in [0.4, 0.5) is 5.88 Å². The van der Waals surface area contributed by atoms with E-state index in [-0.39, 0.29) is 0 Å². The van der Waals surface area contributed by atoms with Crippen molar-refractivity contribution in [3.63, 3.8) is 0 Å². The number of carbonyl (C=O) groups is 1. The Bertz CT molecular complexity index is 952. The average molecular weight is 348 g/mol. The van der Waals surface area contributed by atoms with Gasteiger partial charge in [0.05, 0.1) is 5.41 Å². The molecule has 0 bridgehead atoms. The first kappa shape index (κ1) is 16.4. The second-order valence-corrected chi connectivity index (χ2v) is 6.70. The molecule has 0 unspecified atom stereocenters. The third kappa shape index (κ3) is 2.65. The van der Waals surface area contributed by atoms with E-state index in [4.69, 9.17) is 4.42 Å². The number of aliphatic carboxylic acids is 1. The molecule has 5 nitrogen and oxygen atoms in total. The monoisotopic (exact) mass is 348 g/mol. The van der Waals surface area contributed by atoms with Crippen LogP contribution in [-0.2, 0) is 10.2 Å². The molecule has 1 heterocycles. The van der Waals surface area contributed by atoms with Crippen LogP contribution in [0.1, 0.15) is 24.3 Å². The standard InChI is InChI=1S/C21H20N2O3/c1-13-23-18(19(22-2)26-13)16-5-3-14(4-6-16)15-7-9-17(10-8-15)21(11-12-21)20(24)25/h3-10,22H,11-12H2,1-2H3,(H,24,25). The zero-order valence-electron chi connectivity index (χ0n) is 14.7. The summed E-state index contributed by atoms with van der Waals surface area (Å²) < 4.78 is 5.53. The van der Waals surface area contributed by atoms with Crippen LogP contribution in [0, 0.1) is 6.92 Å². The summed E-state index contributed by atoms with van der Waals surface area (Å²) in [4.78, 5) is 15.9. The first-order valence-corrected chi connectivity index (χ1v) is 8.63. The first-order valence-electron chi connectivity index (χ1n) is 8.63. The van der Waals surface area contributed by atoms with Crippen LogP contribution in [0.2, 0.25) is 0 Å². The molecular formula is C21H20N2O3. The van der Waals surface area contributed by atoms with E-state index >= 15 is 0 Å². The van der Waals surface area contributed by atoms with E-state index in [9.17, 15) is 9.90 Å². The molecule has 1 fully saturated rings. The summed E-state index contributed by atoms with van der Waals surface area (Å²) in [5, 5.41) is 12.4. The normalized spacial score (nSPS) is 14.8. The highest BCUT2D eigenvalue weighted by Crippen LogP contribution is 2.48. The van der Waals surface area contributed by atoms with Crippen LogP contribution in [0.3, 0.4) is 0 Å². The van der Waals surface area contributed by atoms with Gasteiger partial charge in [0.25, 0.3) is 0 Å². The van der Waals surface area contributed by atoms with Gasteiger partial charge in [-0.1, -0.05) is 48.5 Å². The van der Waals surface area contributed by atoms with Gasteiger partial charge in [-0.05, 0) is 29.5 Å². The Hall–Kier alpha value is -3.08. The topological polar surface area (TPSA) is 75.4 Å². The molecule has 26 heavy (non-hydrogen) atoms. The lowest BCUT2D eigenvalue weighted by Crippen LogP contribution is -2.19. The van der Waals surface area contributed by atoms with Crippen LogP contribution < -0.4 is 5.32 Å². The highest BCUT2D eigenvalue weighted by molar-refractivity contribution is 5.85. The zero-order chi connectivity index (χ0) is 18.3. The lowest BCUT2D eigenvalue weighted by atomic mass is 9.93. The minimum atomic E-state index is -0.724. The van der Waals surface area contributed by atoms with E-state index in [1.807, 2.05) is 62.5 Å². The van der Waals surface area contributed by atoms with Gasteiger partial charge in [0, 0.05) is 19.5 Å². The molecule has 0 amide bonds. The molecule has 0 aliphatic heterocycles. The number of anilines is 1. The summed E-state index contributed by atoms with van der Waals surface area (Å²) in [6, 6.07) is 16.0. The van der Waals surface area contributed by atoms with Gasteiger partial charge in [0.1, 0.15) is 5.69 Å². The summed E-state index contributed by atoms with van der Waals surface area (Å²) in [5.74, 6) is 0.553. The number of carboxylic acid groups (broad SMARTS) is 1. The average Bonchev–Trinajstić information content (AvgIpc) is 3.39. The number of carboxylic acids is 1. The zero-order valence-corrected chi connectivity index (χ0v) is 14.7. The lowest BCUT2D eigenvalue weighted by molar-refractivity contribution is -0.140. The molecule has 0 radical (unpaired) electrons. The molecule has 1 saturated carbocycles. The lowest BCUT2D eigenvalue weighted by Gasteiger charge is -2.11. The van der Waals surface area contributed by atoms with Crippen molar-refractivity contribution in [2.75, 3.05) is 12.4 Å². The van der Waals surface area contributed by atoms with Gasteiger partial charge in [0.15, 0.2) is 5.89 Å².